The SMILES string of the molecule is COc1cc2c(Cl)nc3c4cccnc4ccc3c2cc1OC. The van der Waals surface area contributed by atoms with E-state index in [0.29, 0.717) is 16.7 Å². The van der Waals surface area contributed by atoms with Crippen molar-refractivity contribution >= 4 is 44.2 Å². The quantitative estimate of drug-likeness (QED) is 0.399. The molecule has 0 amide bonds. The Kier molecular flexibility index (Phi) is 3.20. The lowest BCUT2D eigenvalue weighted by atomic mass is 10.0. The first-order chi connectivity index (χ1) is 11.2. The van der Waals surface area contributed by atoms with Gasteiger partial charge in [0.05, 0.1) is 25.3 Å². The molecule has 0 N–H and O–H groups in total. The first kappa shape index (κ1) is 14.0. The third-order valence-corrected chi connectivity index (χ3v) is 4.29. The lowest BCUT2D eigenvalue weighted by molar-refractivity contribution is 0.356. The van der Waals surface area contributed by atoms with Crippen molar-refractivity contribution in [3.8, 4) is 11.5 Å². The highest BCUT2D eigenvalue weighted by atomic mass is 35.5. The van der Waals surface area contributed by atoms with Crippen molar-refractivity contribution in [1.29, 1.82) is 0 Å². The van der Waals surface area contributed by atoms with Gasteiger partial charge < -0.3 is 9.47 Å². The minimum atomic E-state index is 0.435. The maximum absolute atomic E-state index is 6.43. The van der Waals surface area contributed by atoms with Gasteiger partial charge in [0.2, 0.25) is 0 Å². The first-order valence-corrected chi connectivity index (χ1v) is 7.49. The van der Waals surface area contributed by atoms with Crippen molar-refractivity contribution < 1.29 is 9.47 Å². The first-order valence-electron chi connectivity index (χ1n) is 7.11. The minimum Gasteiger partial charge on any atom is -0.493 e. The molecule has 4 aromatic rings. The summed E-state index contributed by atoms with van der Waals surface area (Å²) in [4.78, 5) is 8.97. The highest BCUT2D eigenvalue weighted by Crippen LogP contribution is 2.39. The van der Waals surface area contributed by atoms with Crippen LogP contribution in [0.4, 0.5) is 0 Å². The van der Waals surface area contributed by atoms with Crippen LogP contribution in [0.5, 0.6) is 11.5 Å². The molecule has 0 saturated carbocycles. The Morgan fingerprint density at radius 1 is 0.870 bits per heavy atom. The van der Waals surface area contributed by atoms with Crippen LogP contribution in [0.3, 0.4) is 0 Å². The highest BCUT2D eigenvalue weighted by molar-refractivity contribution is 6.36. The molecule has 5 heteroatoms. The van der Waals surface area contributed by atoms with E-state index in [4.69, 9.17) is 21.1 Å². The van der Waals surface area contributed by atoms with E-state index in [2.05, 4.69) is 9.97 Å². The molecule has 2 aromatic carbocycles. The maximum Gasteiger partial charge on any atom is 0.161 e. The molecular formula is C18H13ClN2O2. The lowest BCUT2D eigenvalue weighted by Crippen LogP contribution is -1.93. The number of ether oxygens (including phenoxy) is 2. The number of benzene rings is 2. The van der Waals surface area contributed by atoms with E-state index in [1.165, 1.54) is 0 Å². The fourth-order valence-corrected chi connectivity index (χ4v) is 3.15. The predicted octanol–water partition coefficient (Wildman–Crippen LogP) is 4.61. The molecule has 0 aliphatic rings. The minimum absolute atomic E-state index is 0.435. The van der Waals surface area contributed by atoms with Crippen molar-refractivity contribution in [3.63, 3.8) is 0 Å². The summed E-state index contributed by atoms with van der Waals surface area (Å²) in [6.07, 6.45) is 1.77. The molecule has 4 nitrogen and oxygen atoms in total. The smallest absolute Gasteiger partial charge is 0.161 e. The molecule has 0 fully saturated rings. The second-order valence-electron chi connectivity index (χ2n) is 5.19. The van der Waals surface area contributed by atoms with Crippen LogP contribution in [-0.4, -0.2) is 24.2 Å². The Hall–Kier alpha value is -2.59. The van der Waals surface area contributed by atoms with Gasteiger partial charge in [-0.05, 0) is 41.8 Å². The van der Waals surface area contributed by atoms with Crippen LogP contribution in [0.2, 0.25) is 5.15 Å². The highest BCUT2D eigenvalue weighted by Gasteiger charge is 2.14. The third kappa shape index (κ3) is 2.06. The van der Waals surface area contributed by atoms with Crippen LogP contribution in [0.25, 0.3) is 32.6 Å². The number of nitrogens with zero attached hydrogens (tertiary/aromatic N) is 2. The Morgan fingerprint density at radius 2 is 1.61 bits per heavy atom. The van der Waals surface area contributed by atoms with Gasteiger partial charge in [-0.25, -0.2) is 4.98 Å². The predicted molar refractivity (Wildman–Crippen MR) is 92.7 cm³/mol. The Bertz CT molecular complexity index is 1060. The number of rotatable bonds is 2. The van der Waals surface area contributed by atoms with E-state index < -0.39 is 0 Å². The summed E-state index contributed by atoms with van der Waals surface area (Å²) in [5.41, 5.74) is 1.73. The van der Waals surface area contributed by atoms with Crippen LogP contribution in [-0.2, 0) is 0 Å². The lowest BCUT2D eigenvalue weighted by Gasteiger charge is -2.12. The van der Waals surface area contributed by atoms with Crippen molar-refractivity contribution in [2.75, 3.05) is 14.2 Å². The van der Waals surface area contributed by atoms with Crippen molar-refractivity contribution in [2.45, 2.75) is 0 Å². The van der Waals surface area contributed by atoms with E-state index in [0.717, 1.165) is 32.6 Å². The number of halogens is 1. The van der Waals surface area contributed by atoms with E-state index >= 15 is 0 Å². The fourth-order valence-electron chi connectivity index (χ4n) is 2.91. The van der Waals surface area contributed by atoms with Gasteiger partial charge in [-0.2, -0.15) is 0 Å². The standard InChI is InChI=1S/C18H13ClN2O2/c1-22-15-8-12-10-5-6-14-11(4-3-7-20-14)17(10)21-18(19)13(12)9-16(15)23-2/h3-9H,1-2H3. The van der Waals surface area contributed by atoms with Gasteiger partial charge in [-0.3, -0.25) is 4.98 Å². The number of hydrogen-bond acceptors (Lipinski definition) is 4. The fraction of sp³-hybridized carbons (Fsp3) is 0.111. The molecule has 0 atom stereocenters. The molecule has 0 radical (unpaired) electrons. The summed E-state index contributed by atoms with van der Waals surface area (Å²) in [6.45, 7) is 0. The van der Waals surface area contributed by atoms with Gasteiger partial charge >= 0.3 is 0 Å². The van der Waals surface area contributed by atoms with Gasteiger partial charge in [0.25, 0.3) is 0 Å². The van der Waals surface area contributed by atoms with Crippen molar-refractivity contribution in [1.82, 2.24) is 9.97 Å². The summed E-state index contributed by atoms with van der Waals surface area (Å²) in [7, 11) is 3.22. The average Bonchev–Trinajstić information content (AvgIpc) is 2.60. The second kappa shape index (κ2) is 5.25. The normalized spacial score (nSPS) is 11.3. The molecule has 0 aliphatic heterocycles. The monoisotopic (exact) mass is 324 g/mol. The molecule has 4 rings (SSSR count). The molecule has 0 aliphatic carbocycles. The summed E-state index contributed by atoms with van der Waals surface area (Å²) in [5, 5.41) is 4.22. The summed E-state index contributed by atoms with van der Waals surface area (Å²) in [6, 6.07) is 11.7. The van der Waals surface area contributed by atoms with Crippen LogP contribution >= 0.6 is 11.6 Å². The number of pyridine rings is 2. The Morgan fingerprint density at radius 3 is 2.35 bits per heavy atom. The average molecular weight is 325 g/mol. The molecule has 0 bridgehead atoms. The number of hydrogen-bond donors (Lipinski definition) is 0. The van der Waals surface area contributed by atoms with E-state index in [9.17, 15) is 0 Å². The molecule has 114 valence electrons. The molecular weight excluding hydrogens is 312 g/mol. The van der Waals surface area contributed by atoms with Gasteiger partial charge in [0.15, 0.2) is 11.5 Å². The van der Waals surface area contributed by atoms with Crippen molar-refractivity contribution in [3.05, 3.63) is 47.7 Å². The zero-order valence-electron chi connectivity index (χ0n) is 12.6. The number of aromatic nitrogens is 2. The van der Waals surface area contributed by atoms with Crippen LogP contribution in [0, 0.1) is 0 Å². The Labute approximate surface area is 137 Å². The zero-order valence-corrected chi connectivity index (χ0v) is 13.4. The maximum atomic E-state index is 6.43. The molecule has 0 spiro atoms. The Balaban J connectivity index is 2.22. The second-order valence-corrected chi connectivity index (χ2v) is 5.55. The van der Waals surface area contributed by atoms with Gasteiger partial charge in [-0.1, -0.05) is 11.6 Å². The van der Waals surface area contributed by atoms with Gasteiger partial charge in [0.1, 0.15) is 5.15 Å². The number of fused-ring (bicyclic) bond motifs is 5. The molecule has 2 aromatic heterocycles. The van der Waals surface area contributed by atoms with Crippen LogP contribution in [0.1, 0.15) is 0 Å². The molecule has 0 saturated heterocycles. The van der Waals surface area contributed by atoms with Crippen LogP contribution in [0.15, 0.2) is 42.6 Å². The van der Waals surface area contributed by atoms with Crippen LogP contribution < -0.4 is 9.47 Å². The summed E-state index contributed by atoms with van der Waals surface area (Å²) in [5.74, 6) is 1.29. The molecule has 23 heavy (non-hydrogen) atoms. The summed E-state index contributed by atoms with van der Waals surface area (Å²) >= 11 is 6.43. The third-order valence-electron chi connectivity index (χ3n) is 4.00. The van der Waals surface area contributed by atoms with Gasteiger partial charge in [-0.15, -0.1) is 0 Å². The van der Waals surface area contributed by atoms with Gasteiger partial charge in [0, 0.05) is 22.4 Å². The molecule has 2 heterocycles. The largest absolute Gasteiger partial charge is 0.493 e. The summed E-state index contributed by atoms with van der Waals surface area (Å²) < 4.78 is 10.8. The van der Waals surface area contributed by atoms with Crippen molar-refractivity contribution in [2.24, 2.45) is 0 Å². The zero-order chi connectivity index (χ0) is 16.0. The number of methoxy groups -OCH3 is 2. The topological polar surface area (TPSA) is 44.2 Å². The van der Waals surface area contributed by atoms with E-state index in [-0.39, 0.29) is 0 Å². The molecule has 0 unspecified atom stereocenters. The van der Waals surface area contributed by atoms with E-state index in [1.54, 1.807) is 20.4 Å². The van der Waals surface area contributed by atoms with E-state index in [1.807, 2.05) is 36.4 Å².